The average molecular weight is 319 g/mol. The zero-order valence-corrected chi connectivity index (χ0v) is 13.2. The summed E-state index contributed by atoms with van der Waals surface area (Å²) >= 11 is 3.03. The standard InChI is InChI=1S/C13H13N5OS2/c1-8-4-3-5-10(6-8)14-12-17-18-13(21-12)20-7-11-16-15-9(2)19-11/h3-6H,7H2,1-2H3,(H,14,17). The first-order chi connectivity index (χ1) is 10.2. The Morgan fingerprint density at radius 2 is 2.10 bits per heavy atom. The molecule has 0 aliphatic heterocycles. The summed E-state index contributed by atoms with van der Waals surface area (Å²) in [5.41, 5.74) is 2.21. The van der Waals surface area contributed by atoms with Crippen molar-refractivity contribution in [1.29, 1.82) is 0 Å². The molecule has 6 nitrogen and oxygen atoms in total. The van der Waals surface area contributed by atoms with Crippen LogP contribution in [0.15, 0.2) is 33.0 Å². The lowest BCUT2D eigenvalue weighted by atomic mass is 10.2. The van der Waals surface area contributed by atoms with Gasteiger partial charge in [0.1, 0.15) is 0 Å². The second-order valence-corrected chi connectivity index (χ2v) is 6.57. The SMILES string of the molecule is Cc1cccc(Nc2nnc(SCc3nnc(C)o3)s2)c1. The molecule has 1 aromatic carbocycles. The topological polar surface area (TPSA) is 76.7 Å². The molecule has 0 saturated carbocycles. The first kappa shape index (κ1) is 14.0. The molecule has 21 heavy (non-hydrogen) atoms. The van der Waals surface area contributed by atoms with Crippen LogP contribution < -0.4 is 5.32 Å². The maximum Gasteiger partial charge on any atom is 0.226 e. The Morgan fingerprint density at radius 3 is 2.86 bits per heavy atom. The quantitative estimate of drug-likeness (QED) is 0.720. The number of benzene rings is 1. The average Bonchev–Trinajstić information content (AvgIpc) is 3.06. The summed E-state index contributed by atoms with van der Waals surface area (Å²) in [6, 6.07) is 8.13. The molecular weight excluding hydrogens is 306 g/mol. The van der Waals surface area contributed by atoms with Gasteiger partial charge in [0.2, 0.25) is 16.9 Å². The van der Waals surface area contributed by atoms with E-state index in [4.69, 9.17) is 4.42 Å². The summed E-state index contributed by atoms with van der Waals surface area (Å²) in [5.74, 6) is 1.77. The summed E-state index contributed by atoms with van der Waals surface area (Å²) in [4.78, 5) is 0. The van der Waals surface area contributed by atoms with Gasteiger partial charge in [0, 0.05) is 12.6 Å². The van der Waals surface area contributed by atoms with E-state index in [2.05, 4.69) is 44.8 Å². The molecule has 1 N–H and O–H groups in total. The molecule has 0 aliphatic rings. The zero-order chi connectivity index (χ0) is 14.7. The molecule has 0 aliphatic carbocycles. The highest BCUT2D eigenvalue weighted by Gasteiger charge is 2.08. The van der Waals surface area contributed by atoms with Crippen LogP contribution in [0.2, 0.25) is 0 Å². The fourth-order valence-corrected chi connectivity index (χ4v) is 3.29. The number of aromatic nitrogens is 4. The Kier molecular flexibility index (Phi) is 4.16. The molecule has 0 amide bonds. The molecule has 2 heterocycles. The molecule has 0 unspecified atom stereocenters. The molecule has 2 aromatic heterocycles. The van der Waals surface area contributed by atoms with E-state index < -0.39 is 0 Å². The predicted molar refractivity (Wildman–Crippen MR) is 83.0 cm³/mol. The van der Waals surface area contributed by atoms with Gasteiger partial charge in [-0.1, -0.05) is 35.2 Å². The minimum Gasteiger partial charge on any atom is -0.425 e. The van der Waals surface area contributed by atoms with Gasteiger partial charge in [-0.15, -0.1) is 20.4 Å². The lowest BCUT2D eigenvalue weighted by Gasteiger charge is -2.01. The van der Waals surface area contributed by atoms with E-state index in [1.54, 1.807) is 6.92 Å². The highest BCUT2D eigenvalue weighted by molar-refractivity contribution is 8.00. The summed E-state index contributed by atoms with van der Waals surface area (Å²) in [6.45, 7) is 3.83. The van der Waals surface area contributed by atoms with Crippen molar-refractivity contribution in [3.05, 3.63) is 41.6 Å². The Morgan fingerprint density at radius 1 is 1.19 bits per heavy atom. The van der Waals surface area contributed by atoms with Crippen LogP contribution in [0, 0.1) is 13.8 Å². The fourth-order valence-electron chi connectivity index (χ4n) is 1.68. The second kappa shape index (κ2) is 6.23. The number of thioether (sulfide) groups is 1. The van der Waals surface area contributed by atoms with Crippen LogP contribution in [0.1, 0.15) is 17.3 Å². The fraction of sp³-hybridized carbons (Fsp3) is 0.231. The van der Waals surface area contributed by atoms with Crippen molar-refractivity contribution in [2.24, 2.45) is 0 Å². The molecule has 108 valence electrons. The van der Waals surface area contributed by atoms with E-state index in [0.29, 0.717) is 17.5 Å². The molecule has 0 saturated heterocycles. The third kappa shape index (κ3) is 3.79. The number of hydrogen-bond acceptors (Lipinski definition) is 8. The van der Waals surface area contributed by atoms with E-state index in [-0.39, 0.29) is 0 Å². The third-order valence-corrected chi connectivity index (χ3v) is 4.52. The normalized spacial score (nSPS) is 10.8. The second-order valence-electron chi connectivity index (χ2n) is 4.37. The predicted octanol–water partition coefficient (Wildman–Crippen LogP) is 3.57. The first-order valence-electron chi connectivity index (χ1n) is 6.28. The molecule has 8 heteroatoms. The minimum atomic E-state index is 0.574. The van der Waals surface area contributed by atoms with Crippen molar-refractivity contribution in [3.8, 4) is 0 Å². The van der Waals surface area contributed by atoms with Gasteiger partial charge in [-0.3, -0.25) is 0 Å². The monoisotopic (exact) mass is 319 g/mol. The van der Waals surface area contributed by atoms with Gasteiger partial charge in [-0.25, -0.2) is 0 Å². The van der Waals surface area contributed by atoms with E-state index in [9.17, 15) is 0 Å². The minimum absolute atomic E-state index is 0.574. The zero-order valence-electron chi connectivity index (χ0n) is 11.5. The summed E-state index contributed by atoms with van der Waals surface area (Å²) < 4.78 is 6.18. The highest BCUT2D eigenvalue weighted by Crippen LogP contribution is 2.29. The highest BCUT2D eigenvalue weighted by atomic mass is 32.2. The number of rotatable bonds is 5. The Labute approximate surface area is 130 Å². The van der Waals surface area contributed by atoms with Crippen molar-refractivity contribution < 1.29 is 4.42 Å². The van der Waals surface area contributed by atoms with Crippen molar-refractivity contribution in [2.45, 2.75) is 23.9 Å². The molecule has 0 fully saturated rings. The van der Waals surface area contributed by atoms with Crippen LogP contribution in [0.3, 0.4) is 0 Å². The maximum atomic E-state index is 5.32. The van der Waals surface area contributed by atoms with Crippen LogP contribution >= 0.6 is 23.1 Å². The molecule has 0 bridgehead atoms. The van der Waals surface area contributed by atoms with Gasteiger partial charge in [-0.2, -0.15) is 0 Å². The van der Waals surface area contributed by atoms with Gasteiger partial charge in [-0.05, 0) is 24.6 Å². The molecule has 3 rings (SSSR count). The van der Waals surface area contributed by atoms with Gasteiger partial charge in [0.15, 0.2) is 4.34 Å². The molecule has 3 aromatic rings. The summed E-state index contributed by atoms with van der Waals surface area (Å²) in [5, 5.41) is 20.0. The number of aryl methyl sites for hydroxylation is 2. The van der Waals surface area contributed by atoms with E-state index >= 15 is 0 Å². The lowest BCUT2D eigenvalue weighted by molar-refractivity contribution is 0.485. The smallest absolute Gasteiger partial charge is 0.226 e. The number of hydrogen-bond donors (Lipinski definition) is 1. The van der Waals surface area contributed by atoms with Crippen molar-refractivity contribution in [2.75, 3.05) is 5.32 Å². The molecule has 0 spiro atoms. The Balaban J connectivity index is 1.61. The van der Waals surface area contributed by atoms with Gasteiger partial charge >= 0.3 is 0 Å². The molecule has 0 atom stereocenters. The van der Waals surface area contributed by atoms with Crippen LogP contribution in [0.4, 0.5) is 10.8 Å². The molecule has 0 radical (unpaired) electrons. The van der Waals surface area contributed by atoms with Crippen LogP contribution in [0.25, 0.3) is 0 Å². The number of nitrogens with one attached hydrogen (secondary N) is 1. The Bertz CT molecular complexity index is 740. The Hall–Kier alpha value is -1.93. The van der Waals surface area contributed by atoms with Crippen molar-refractivity contribution >= 4 is 33.9 Å². The van der Waals surface area contributed by atoms with Crippen LogP contribution in [-0.4, -0.2) is 20.4 Å². The largest absolute Gasteiger partial charge is 0.425 e. The maximum absolute atomic E-state index is 5.32. The van der Waals surface area contributed by atoms with Crippen LogP contribution in [-0.2, 0) is 5.75 Å². The van der Waals surface area contributed by atoms with Crippen molar-refractivity contribution in [1.82, 2.24) is 20.4 Å². The number of nitrogens with zero attached hydrogens (tertiary/aromatic N) is 4. The summed E-state index contributed by atoms with van der Waals surface area (Å²) in [7, 11) is 0. The summed E-state index contributed by atoms with van der Waals surface area (Å²) in [6.07, 6.45) is 0. The van der Waals surface area contributed by atoms with Crippen molar-refractivity contribution in [3.63, 3.8) is 0 Å². The third-order valence-electron chi connectivity index (χ3n) is 2.56. The van der Waals surface area contributed by atoms with Crippen LogP contribution in [0.5, 0.6) is 0 Å². The van der Waals surface area contributed by atoms with Gasteiger partial charge in [0.05, 0.1) is 5.75 Å². The lowest BCUT2D eigenvalue weighted by Crippen LogP contribution is -1.89. The molecular formula is C13H13N5OS2. The first-order valence-corrected chi connectivity index (χ1v) is 8.08. The number of anilines is 2. The van der Waals surface area contributed by atoms with E-state index in [1.165, 1.54) is 28.7 Å². The van der Waals surface area contributed by atoms with E-state index in [1.807, 2.05) is 12.1 Å². The van der Waals surface area contributed by atoms with E-state index in [0.717, 1.165) is 15.2 Å². The van der Waals surface area contributed by atoms with Gasteiger partial charge < -0.3 is 9.73 Å². The van der Waals surface area contributed by atoms with Gasteiger partial charge in [0.25, 0.3) is 0 Å².